The lowest BCUT2D eigenvalue weighted by molar-refractivity contribution is 0.246. The van der Waals surface area contributed by atoms with Gasteiger partial charge in [0.1, 0.15) is 17.7 Å². The molecule has 0 spiro atoms. The predicted molar refractivity (Wildman–Crippen MR) is 79.7 cm³/mol. The standard InChI is InChI=1S/C15H15BrN2O/c1-10-6-12(16)8-17-15(10)18-9-13-7-11-4-2-3-5-14(11)19-13/h2-6,8,13H,7,9H2,1H3,(H,17,18). The van der Waals surface area contributed by atoms with Crippen molar-refractivity contribution in [3.8, 4) is 5.75 Å². The molecule has 3 rings (SSSR count). The fraction of sp³-hybridized carbons (Fsp3) is 0.267. The zero-order chi connectivity index (χ0) is 13.2. The predicted octanol–water partition coefficient (Wildman–Crippen LogP) is 3.57. The molecule has 1 atom stereocenters. The van der Waals surface area contributed by atoms with Gasteiger partial charge in [-0.15, -0.1) is 0 Å². The number of aromatic nitrogens is 1. The second-order valence-electron chi connectivity index (χ2n) is 4.75. The first kappa shape index (κ1) is 12.5. The van der Waals surface area contributed by atoms with Crippen LogP contribution in [0.15, 0.2) is 41.0 Å². The molecule has 2 heterocycles. The Morgan fingerprint density at radius 2 is 2.26 bits per heavy atom. The summed E-state index contributed by atoms with van der Waals surface area (Å²) in [5.41, 5.74) is 2.42. The van der Waals surface area contributed by atoms with Crippen LogP contribution in [-0.2, 0) is 6.42 Å². The van der Waals surface area contributed by atoms with Crippen molar-refractivity contribution in [1.82, 2.24) is 4.98 Å². The molecule has 0 amide bonds. The van der Waals surface area contributed by atoms with Gasteiger partial charge in [0, 0.05) is 17.1 Å². The van der Waals surface area contributed by atoms with E-state index in [4.69, 9.17) is 4.74 Å². The maximum Gasteiger partial charge on any atom is 0.129 e. The van der Waals surface area contributed by atoms with Crippen molar-refractivity contribution < 1.29 is 4.74 Å². The van der Waals surface area contributed by atoms with E-state index in [2.05, 4.69) is 44.4 Å². The minimum Gasteiger partial charge on any atom is -0.488 e. The fourth-order valence-corrected chi connectivity index (χ4v) is 2.75. The largest absolute Gasteiger partial charge is 0.488 e. The molecule has 0 radical (unpaired) electrons. The van der Waals surface area contributed by atoms with Gasteiger partial charge in [0.25, 0.3) is 0 Å². The van der Waals surface area contributed by atoms with Crippen LogP contribution in [0.4, 0.5) is 5.82 Å². The molecule has 3 nitrogen and oxygen atoms in total. The summed E-state index contributed by atoms with van der Waals surface area (Å²) in [4.78, 5) is 4.37. The maximum absolute atomic E-state index is 5.89. The fourth-order valence-electron chi connectivity index (χ4n) is 2.30. The monoisotopic (exact) mass is 318 g/mol. The van der Waals surface area contributed by atoms with Crippen molar-refractivity contribution in [2.45, 2.75) is 19.4 Å². The number of halogens is 1. The van der Waals surface area contributed by atoms with Gasteiger partial charge in [-0.3, -0.25) is 0 Å². The van der Waals surface area contributed by atoms with Crippen LogP contribution >= 0.6 is 15.9 Å². The summed E-state index contributed by atoms with van der Waals surface area (Å²) in [7, 11) is 0. The highest BCUT2D eigenvalue weighted by molar-refractivity contribution is 9.10. The normalized spacial score (nSPS) is 16.8. The quantitative estimate of drug-likeness (QED) is 0.939. The number of fused-ring (bicyclic) bond motifs is 1. The molecule has 1 aliphatic heterocycles. The Kier molecular flexibility index (Phi) is 3.42. The van der Waals surface area contributed by atoms with E-state index in [0.717, 1.165) is 34.6 Å². The lowest BCUT2D eigenvalue weighted by Crippen LogP contribution is -2.24. The third-order valence-corrected chi connectivity index (χ3v) is 3.69. The van der Waals surface area contributed by atoms with Crippen molar-refractivity contribution in [1.29, 1.82) is 0 Å². The number of ether oxygens (including phenoxy) is 1. The van der Waals surface area contributed by atoms with Gasteiger partial charge in [0.05, 0.1) is 6.54 Å². The highest BCUT2D eigenvalue weighted by atomic mass is 79.9. The first-order valence-corrected chi connectivity index (χ1v) is 7.12. The van der Waals surface area contributed by atoms with Gasteiger partial charge >= 0.3 is 0 Å². The number of nitrogens with zero attached hydrogens (tertiary/aromatic N) is 1. The zero-order valence-electron chi connectivity index (χ0n) is 10.7. The van der Waals surface area contributed by atoms with Crippen LogP contribution in [0.2, 0.25) is 0 Å². The molecule has 98 valence electrons. The molecule has 0 saturated heterocycles. The summed E-state index contributed by atoms with van der Waals surface area (Å²) in [6.45, 7) is 2.81. The highest BCUT2D eigenvalue weighted by Gasteiger charge is 2.22. The van der Waals surface area contributed by atoms with Crippen LogP contribution in [0.3, 0.4) is 0 Å². The SMILES string of the molecule is Cc1cc(Br)cnc1NCC1Cc2ccccc2O1. The van der Waals surface area contributed by atoms with Gasteiger partial charge in [0.2, 0.25) is 0 Å². The lowest BCUT2D eigenvalue weighted by atomic mass is 10.1. The van der Waals surface area contributed by atoms with Crippen molar-refractivity contribution in [3.05, 3.63) is 52.1 Å². The Hall–Kier alpha value is -1.55. The summed E-state index contributed by atoms with van der Waals surface area (Å²) in [5.74, 6) is 1.93. The van der Waals surface area contributed by atoms with Crippen LogP contribution in [0.5, 0.6) is 5.75 Å². The van der Waals surface area contributed by atoms with E-state index >= 15 is 0 Å². The molecule has 1 aromatic carbocycles. The van der Waals surface area contributed by atoms with E-state index in [0.29, 0.717) is 0 Å². The summed E-state index contributed by atoms with van der Waals surface area (Å²) >= 11 is 3.42. The Labute approximate surface area is 121 Å². The molecule has 1 aromatic heterocycles. The molecule has 2 aromatic rings. The van der Waals surface area contributed by atoms with Crippen molar-refractivity contribution in [3.63, 3.8) is 0 Å². The van der Waals surface area contributed by atoms with E-state index in [9.17, 15) is 0 Å². The molecule has 0 bridgehead atoms. The number of pyridine rings is 1. The van der Waals surface area contributed by atoms with E-state index in [1.54, 1.807) is 6.20 Å². The smallest absolute Gasteiger partial charge is 0.129 e. The van der Waals surface area contributed by atoms with Gasteiger partial charge in [-0.05, 0) is 46.1 Å². The number of hydrogen-bond donors (Lipinski definition) is 1. The third-order valence-electron chi connectivity index (χ3n) is 3.26. The zero-order valence-corrected chi connectivity index (χ0v) is 12.3. The summed E-state index contributed by atoms with van der Waals surface area (Å²) in [5, 5.41) is 3.36. The molecule has 0 fully saturated rings. The van der Waals surface area contributed by atoms with Gasteiger partial charge in [-0.25, -0.2) is 4.98 Å². The molecular weight excluding hydrogens is 304 g/mol. The number of anilines is 1. The highest BCUT2D eigenvalue weighted by Crippen LogP contribution is 2.28. The number of para-hydroxylation sites is 1. The topological polar surface area (TPSA) is 34.2 Å². The number of benzene rings is 1. The van der Waals surface area contributed by atoms with Crippen molar-refractivity contribution in [2.24, 2.45) is 0 Å². The second-order valence-corrected chi connectivity index (χ2v) is 5.67. The number of nitrogens with one attached hydrogen (secondary N) is 1. The molecule has 4 heteroatoms. The van der Waals surface area contributed by atoms with E-state index < -0.39 is 0 Å². The molecule has 19 heavy (non-hydrogen) atoms. The van der Waals surface area contributed by atoms with Gasteiger partial charge in [-0.1, -0.05) is 18.2 Å². The van der Waals surface area contributed by atoms with Crippen LogP contribution in [0.1, 0.15) is 11.1 Å². The summed E-state index contributed by atoms with van der Waals surface area (Å²) in [6, 6.07) is 10.3. The number of rotatable bonds is 3. The Morgan fingerprint density at radius 3 is 3.05 bits per heavy atom. The number of aryl methyl sites for hydroxylation is 1. The minimum atomic E-state index is 0.183. The minimum absolute atomic E-state index is 0.183. The van der Waals surface area contributed by atoms with Gasteiger partial charge in [0.15, 0.2) is 0 Å². The molecule has 1 aliphatic rings. The van der Waals surface area contributed by atoms with Crippen LogP contribution in [0.25, 0.3) is 0 Å². The molecule has 0 aliphatic carbocycles. The Bertz CT molecular complexity index is 575. The first-order chi connectivity index (χ1) is 9.22. The average molecular weight is 319 g/mol. The number of hydrogen-bond acceptors (Lipinski definition) is 3. The molecule has 1 unspecified atom stereocenters. The molecular formula is C15H15BrN2O. The maximum atomic E-state index is 5.89. The summed E-state index contributed by atoms with van der Waals surface area (Å²) < 4.78 is 6.89. The second kappa shape index (κ2) is 5.21. The van der Waals surface area contributed by atoms with Crippen molar-refractivity contribution in [2.75, 3.05) is 11.9 Å². The van der Waals surface area contributed by atoms with E-state index in [1.807, 2.05) is 19.1 Å². The van der Waals surface area contributed by atoms with Crippen LogP contribution in [-0.4, -0.2) is 17.6 Å². The van der Waals surface area contributed by atoms with Crippen molar-refractivity contribution >= 4 is 21.7 Å². The third kappa shape index (κ3) is 2.73. The molecule has 0 saturated carbocycles. The van der Waals surface area contributed by atoms with Crippen LogP contribution in [0, 0.1) is 6.92 Å². The van der Waals surface area contributed by atoms with Gasteiger partial charge < -0.3 is 10.1 Å². The average Bonchev–Trinajstić information content (AvgIpc) is 2.80. The Morgan fingerprint density at radius 1 is 1.42 bits per heavy atom. The first-order valence-electron chi connectivity index (χ1n) is 6.33. The van der Waals surface area contributed by atoms with E-state index in [1.165, 1.54) is 5.56 Å². The molecule has 1 N–H and O–H groups in total. The Balaban J connectivity index is 1.63. The lowest BCUT2D eigenvalue weighted by Gasteiger charge is -2.13. The van der Waals surface area contributed by atoms with Crippen LogP contribution < -0.4 is 10.1 Å². The van der Waals surface area contributed by atoms with Gasteiger partial charge in [-0.2, -0.15) is 0 Å². The van der Waals surface area contributed by atoms with E-state index in [-0.39, 0.29) is 6.10 Å². The summed E-state index contributed by atoms with van der Waals surface area (Å²) in [6.07, 6.45) is 2.94.